The average molecular weight is 367 g/mol. The van der Waals surface area contributed by atoms with E-state index in [1.807, 2.05) is 0 Å². The topological polar surface area (TPSA) is 125 Å². The second-order valence-corrected chi connectivity index (χ2v) is 7.00. The van der Waals surface area contributed by atoms with E-state index in [2.05, 4.69) is 9.60 Å². The lowest BCUT2D eigenvalue weighted by Crippen LogP contribution is -2.50. The number of hydroxylamine groups is 2. The standard InChI is InChI=1S/C12H18FN3O7S/c13-8-5-14-4-3-10(8)22-11(17)9-2-1-7-6-15(9)12(18)16(7)23-24(19,20)21/h7-10,14H,1-6H2,(H,19,20,21)/t7-,8-,9+,10-/m1/s1. The smallest absolute Gasteiger partial charge is 0.418 e. The molecule has 3 aliphatic rings. The fourth-order valence-corrected chi connectivity index (χ4v) is 3.62. The Morgan fingerprint density at radius 1 is 1.33 bits per heavy atom. The number of hydrogen-bond donors (Lipinski definition) is 2. The first-order valence-corrected chi connectivity index (χ1v) is 8.95. The van der Waals surface area contributed by atoms with Crippen LogP contribution in [0.15, 0.2) is 0 Å². The minimum atomic E-state index is -4.84. The van der Waals surface area contributed by atoms with Crippen molar-refractivity contribution in [3.63, 3.8) is 0 Å². The molecule has 10 nitrogen and oxygen atoms in total. The van der Waals surface area contributed by atoms with Gasteiger partial charge in [-0.25, -0.2) is 14.0 Å². The van der Waals surface area contributed by atoms with Crippen molar-refractivity contribution in [2.75, 3.05) is 19.6 Å². The molecule has 4 atom stereocenters. The maximum atomic E-state index is 13.7. The second-order valence-electron chi connectivity index (χ2n) is 5.99. The summed E-state index contributed by atoms with van der Waals surface area (Å²) in [5.41, 5.74) is 0. The van der Waals surface area contributed by atoms with E-state index in [0.29, 0.717) is 24.4 Å². The molecule has 3 heterocycles. The normalized spacial score (nSPS) is 33.7. The highest BCUT2D eigenvalue weighted by Crippen LogP contribution is 2.31. The molecule has 3 rings (SSSR count). The first kappa shape index (κ1) is 17.3. The van der Waals surface area contributed by atoms with E-state index in [1.54, 1.807) is 0 Å². The molecule has 2 amide bonds. The van der Waals surface area contributed by atoms with E-state index in [4.69, 9.17) is 9.29 Å². The highest BCUT2D eigenvalue weighted by Gasteiger charge is 2.50. The molecule has 12 heteroatoms. The molecule has 3 aliphatic heterocycles. The van der Waals surface area contributed by atoms with Crippen molar-refractivity contribution in [1.82, 2.24) is 15.3 Å². The maximum Gasteiger partial charge on any atom is 0.418 e. The lowest BCUT2D eigenvalue weighted by atomic mass is 10.0. The number of hydrogen-bond acceptors (Lipinski definition) is 7. The largest absolute Gasteiger partial charge is 0.458 e. The number of piperidine rings is 2. The summed E-state index contributed by atoms with van der Waals surface area (Å²) < 4.78 is 53.6. The van der Waals surface area contributed by atoms with Crippen LogP contribution in [-0.4, -0.2) is 78.9 Å². The third kappa shape index (κ3) is 3.45. The Kier molecular flexibility index (Phi) is 4.64. The molecule has 0 aliphatic carbocycles. The van der Waals surface area contributed by atoms with Gasteiger partial charge < -0.3 is 15.0 Å². The number of fused-ring (bicyclic) bond motifs is 2. The summed E-state index contributed by atoms with van der Waals surface area (Å²) in [5, 5.41) is 3.39. The van der Waals surface area contributed by atoms with Crippen molar-refractivity contribution < 1.29 is 36.0 Å². The molecule has 0 aromatic rings. The molecule has 3 fully saturated rings. The average Bonchev–Trinajstić information content (AvgIpc) is 2.73. The summed E-state index contributed by atoms with van der Waals surface area (Å²) in [6.07, 6.45) is -1.30. The van der Waals surface area contributed by atoms with Gasteiger partial charge >= 0.3 is 22.4 Å². The molecular weight excluding hydrogens is 349 g/mol. The summed E-state index contributed by atoms with van der Waals surface area (Å²) in [6, 6.07) is -2.36. The van der Waals surface area contributed by atoms with Gasteiger partial charge in [0.15, 0.2) is 0 Å². The van der Waals surface area contributed by atoms with Crippen molar-refractivity contribution in [1.29, 1.82) is 0 Å². The predicted molar refractivity (Wildman–Crippen MR) is 75.6 cm³/mol. The molecule has 0 unspecified atom stereocenters. The van der Waals surface area contributed by atoms with Gasteiger partial charge in [-0.1, -0.05) is 0 Å². The number of rotatable bonds is 4. The van der Waals surface area contributed by atoms with E-state index in [-0.39, 0.29) is 19.5 Å². The van der Waals surface area contributed by atoms with Crippen molar-refractivity contribution in [2.45, 2.75) is 43.6 Å². The lowest BCUT2D eigenvalue weighted by molar-refractivity contribution is -0.159. The van der Waals surface area contributed by atoms with Crippen molar-refractivity contribution >= 4 is 22.4 Å². The summed E-state index contributed by atoms with van der Waals surface area (Å²) in [6.45, 7) is 0.701. The van der Waals surface area contributed by atoms with Gasteiger partial charge in [0.2, 0.25) is 0 Å². The Balaban J connectivity index is 1.66. The van der Waals surface area contributed by atoms with Crippen LogP contribution in [0.1, 0.15) is 19.3 Å². The maximum absolute atomic E-state index is 13.7. The van der Waals surface area contributed by atoms with Crippen LogP contribution >= 0.6 is 0 Å². The van der Waals surface area contributed by atoms with Crippen molar-refractivity contribution in [2.24, 2.45) is 0 Å². The van der Waals surface area contributed by atoms with Crippen LogP contribution in [0.3, 0.4) is 0 Å². The van der Waals surface area contributed by atoms with Crippen LogP contribution in [0.4, 0.5) is 9.18 Å². The monoisotopic (exact) mass is 367 g/mol. The van der Waals surface area contributed by atoms with E-state index >= 15 is 0 Å². The van der Waals surface area contributed by atoms with Crippen LogP contribution in [0.25, 0.3) is 0 Å². The number of nitrogens with zero attached hydrogens (tertiary/aromatic N) is 2. The molecule has 0 radical (unpaired) electrons. The predicted octanol–water partition coefficient (Wildman–Crippen LogP) is -0.767. The van der Waals surface area contributed by atoms with Gasteiger partial charge in [-0.05, 0) is 25.8 Å². The van der Waals surface area contributed by atoms with Gasteiger partial charge in [-0.3, -0.25) is 4.55 Å². The minimum absolute atomic E-state index is 0.0688. The number of urea groups is 1. The van der Waals surface area contributed by atoms with Gasteiger partial charge in [0.05, 0.1) is 6.04 Å². The molecule has 2 bridgehead atoms. The molecule has 136 valence electrons. The number of esters is 1. The van der Waals surface area contributed by atoms with Crippen LogP contribution in [0, 0.1) is 0 Å². The van der Waals surface area contributed by atoms with Crippen LogP contribution in [0.5, 0.6) is 0 Å². The Labute approximate surface area is 137 Å². The molecule has 2 N–H and O–H groups in total. The molecule has 0 aromatic heterocycles. The van der Waals surface area contributed by atoms with Crippen LogP contribution in [0.2, 0.25) is 0 Å². The van der Waals surface area contributed by atoms with E-state index in [0.717, 1.165) is 4.90 Å². The Hall–Kier alpha value is -1.50. The van der Waals surface area contributed by atoms with E-state index < -0.39 is 46.8 Å². The zero-order chi connectivity index (χ0) is 17.5. The number of carbonyl (C=O) groups is 2. The SMILES string of the molecule is O=C(O[C@@H]1CCNC[C@H]1F)[C@@H]1CC[C@@H]2CN1C(=O)N2OS(=O)(=O)O. The van der Waals surface area contributed by atoms with E-state index in [1.165, 1.54) is 0 Å². The highest BCUT2D eigenvalue weighted by atomic mass is 32.3. The summed E-state index contributed by atoms with van der Waals surface area (Å²) >= 11 is 0. The number of halogens is 1. The zero-order valence-corrected chi connectivity index (χ0v) is 13.4. The first-order valence-electron chi connectivity index (χ1n) is 7.58. The molecule has 0 aromatic carbocycles. The summed E-state index contributed by atoms with van der Waals surface area (Å²) in [7, 11) is -4.84. The number of carbonyl (C=O) groups excluding carboxylic acids is 2. The fourth-order valence-electron chi connectivity index (χ4n) is 3.23. The van der Waals surface area contributed by atoms with Gasteiger partial charge in [-0.2, -0.15) is 13.5 Å². The van der Waals surface area contributed by atoms with Gasteiger partial charge in [0.25, 0.3) is 0 Å². The molecule has 0 saturated carbocycles. The Morgan fingerprint density at radius 2 is 2.08 bits per heavy atom. The summed E-state index contributed by atoms with van der Waals surface area (Å²) in [4.78, 5) is 25.6. The first-order chi connectivity index (χ1) is 11.3. The third-order valence-electron chi connectivity index (χ3n) is 4.39. The molecule has 0 spiro atoms. The second kappa shape index (κ2) is 6.43. The van der Waals surface area contributed by atoms with Crippen LogP contribution in [-0.2, 0) is 24.2 Å². The summed E-state index contributed by atoms with van der Waals surface area (Å²) in [5.74, 6) is -0.718. The highest BCUT2D eigenvalue weighted by molar-refractivity contribution is 7.80. The number of nitrogens with one attached hydrogen (secondary N) is 1. The molecular formula is C12H18FN3O7S. The molecule has 24 heavy (non-hydrogen) atoms. The number of amides is 2. The lowest BCUT2D eigenvalue weighted by Gasteiger charge is -2.32. The quantitative estimate of drug-likeness (QED) is 0.490. The van der Waals surface area contributed by atoms with Gasteiger partial charge in [0.1, 0.15) is 18.3 Å². The van der Waals surface area contributed by atoms with Crippen molar-refractivity contribution in [3.8, 4) is 0 Å². The minimum Gasteiger partial charge on any atom is -0.458 e. The van der Waals surface area contributed by atoms with Gasteiger partial charge in [-0.15, -0.1) is 4.28 Å². The number of ether oxygens (including phenoxy) is 1. The Bertz CT molecular complexity index is 630. The fraction of sp³-hybridized carbons (Fsp3) is 0.833. The van der Waals surface area contributed by atoms with E-state index in [9.17, 15) is 22.4 Å². The Morgan fingerprint density at radius 3 is 2.75 bits per heavy atom. The van der Waals surface area contributed by atoms with Crippen LogP contribution < -0.4 is 5.32 Å². The molecule has 3 saturated heterocycles. The van der Waals surface area contributed by atoms with Crippen molar-refractivity contribution in [3.05, 3.63) is 0 Å². The third-order valence-corrected chi connectivity index (χ3v) is 4.73. The van der Waals surface area contributed by atoms with Gasteiger partial charge in [0, 0.05) is 13.1 Å². The zero-order valence-electron chi connectivity index (χ0n) is 12.6. The number of alkyl halides is 1.